The van der Waals surface area contributed by atoms with Crippen LogP contribution in [0.2, 0.25) is 0 Å². The molecule has 1 unspecified atom stereocenters. The van der Waals surface area contributed by atoms with Crippen molar-refractivity contribution in [2.24, 2.45) is 0 Å². The maximum atomic E-state index is 13.2. The van der Waals surface area contributed by atoms with Crippen LogP contribution in [0.3, 0.4) is 0 Å². The third kappa shape index (κ3) is 5.10. The molecule has 10 nitrogen and oxygen atoms in total. The maximum absolute atomic E-state index is 13.2. The first-order chi connectivity index (χ1) is 17.0. The van der Waals surface area contributed by atoms with Gasteiger partial charge in [0.25, 0.3) is 0 Å². The second-order valence-corrected chi connectivity index (χ2v) is 11.0. The number of aromatic nitrogens is 3. The lowest BCUT2D eigenvalue weighted by molar-refractivity contribution is -0.130. The number of H-pyrrole nitrogens is 1. The molecule has 2 saturated heterocycles. The Kier molecular flexibility index (Phi) is 6.87. The van der Waals surface area contributed by atoms with E-state index in [9.17, 15) is 13.2 Å². The number of carbonyl (C=O) groups excluding carboxylic acids is 1. The van der Waals surface area contributed by atoms with E-state index in [0.717, 1.165) is 49.0 Å². The predicted octanol–water partition coefficient (Wildman–Crippen LogP) is 2.65. The van der Waals surface area contributed by atoms with Crippen molar-refractivity contribution in [3.8, 4) is 0 Å². The average Bonchev–Trinajstić information content (AvgIpc) is 3.38. The van der Waals surface area contributed by atoms with E-state index in [1.165, 1.54) is 6.33 Å². The summed E-state index contributed by atoms with van der Waals surface area (Å²) in [6.07, 6.45) is 7.97. The molecule has 1 amide bonds. The fraction of sp³-hybridized carbons (Fsp3) is 0.458. The Bertz CT molecular complexity index is 1290. The number of hydrogen-bond donors (Lipinski definition) is 3. The summed E-state index contributed by atoms with van der Waals surface area (Å²) in [5.74, 6) is 0.696. The molecule has 3 aromatic rings. The fourth-order valence-electron chi connectivity index (χ4n) is 4.87. The van der Waals surface area contributed by atoms with E-state index in [1.54, 1.807) is 28.6 Å². The first kappa shape index (κ1) is 23.6. The SMILES string of the molecule is O=C(CNc1ccccc1S(=O)(=O)N1CCCCC1)N1CCCC(Nc2ncnc3[nH]ccc23)C1. The van der Waals surface area contributed by atoms with Crippen LogP contribution in [-0.2, 0) is 14.8 Å². The van der Waals surface area contributed by atoms with E-state index < -0.39 is 10.0 Å². The zero-order chi connectivity index (χ0) is 24.3. The van der Waals surface area contributed by atoms with Crippen LogP contribution >= 0.6 is 0 Å². The van der Waals surface area contributed by atoms with Crippen molar-refractivity contribution in [3.05, 3.63) is 42.9 Å². The maximum Gasteiger partial charge on any atom is 0.245 e. The molecule has 0 spiro atoms. The van der Waals surface area contributed by atoms with Crippen LogP contribution in [0.25, 0.3) is 11.0 Å². The molecule has 11 heteroatoms. The number of benzene rings is 1. The van der Waals surface area contributed by atoms with Crippen LogP contribution in [0.1, 0.15) is 32.1 Å². The van der Waals surface area contributed by atoms with Crippen molar-refractivity contribution in [1.82, 2.24) is 24.2 Å². The molecule has 1 atom stereocenters. The minimum atomic E-state index is -3.60. The molecule has 4 heterocycles. The molecule has 3 N–H and O–H groups in total. The Hall–Kier alpha value is -3.18. The largest absolute Gasteiger partial charge is 0.375 e. The first-order valence-electron chi connectivity index (χ1n) is 12.2. The quantitative estimate of drug-likeness (QED) is 0.458. The third-order valence-corrected chi connectivity index (χ3v) is 8.68. The number of fused-ring (bicyclic) bond motifs is 1. The Morgan fingerprint density at radius 2 is 1.89 bits per heavy atom. The summed E-state index contributed by atoms with van der Waals surface area (Å²) in [7, 11) is -3.60. The van der Waals surface area contributed by atoms with Crippen molar-refractivity contribution in [2.45, 2.75) is 43.0 Å². The van der Waals surface area contributed by atoms with Crippen LogP contribution in [-0.4, -0.2) is 77.2 Å². The number of piperidine rings is 2. The number of sulfonamides is 1. The van der Waals surface area contributed by atoms with E-state index >= 15 is 0 Å². The summed E-state index contributed by atoms with van der Waals surface area (Å²) in [6, 6.07) is 8.85. The Morgan fingerprint density at radius 1 is 1.06 bits per heavy atom. The molecule has 2 fully saturated rings. The van der Waals surface area contributed by atoms with Crippen LogP contribution in [0, 0.1) is 0 Å². The summed E-state index contributed by atoms with van der Waals surface area (Å²) in [5, 5.41) is 7.48. The smallest absolute Gasteiger partial charge is 0.245 e. The minimum absolute atomic E-state index is 0.0365. The summed E-state index contributed by atoms with van der Waals surface area (Å²) < 4.78 is 28.0. The van der Waals surface area contributed by atoms with E-state index in [0.29, 0.717) is 31.9 Å². The molecular weight excluding hydrogens is 466 g/mol. The highest BCUT2D eigenvalue weighted by Crippen LogP contribution is 2.27. The third-order valence-electron chi connectivity index (χ3n) is 6.72. The minimum Gasteiger partial charge on any atom is -0.375 e. The number of nitrogens with zero attached hydrogens (tertiary/aromatic N) is 4. The number of rotatable bonds is 7. The van der Waals surface area contributed by atoms with Crippen molar-refractivity contribution in [3.63, 3.8) is 0 Å². The van der Waals surface area contributed by atoms with E-state index in [2.05, 4.69) is 25.6 Å². The lowest BCUT2D eigenvalue weighted by atomic mass is 10.1. The number of aromatic amines is 1. The van der Waals surface area contributed by atoms with Gasteiger partial charge in [0, 0.05) is 38.4 Å². The summed E-state index contributed by atoms with van der Waals surface area (Å²) >= 11 is 0. The highest BCUT2D eigenvalue weighted by Gasteiger charge is 2.29. The number of amides is 1. The standard InChI is InChI=1S/C24H31N7O3S/c32-22(15-26-20-8-2-3-9-21(20)35(33,34)31-13-4-1-5-14-31)30-12-6-7-18(16-30)29-24-19-10-11-25-23(19)27-17-28-24/h2-3,8-11,17-18,26H,1,4-7,12-16H2,(H2,25,27,28,29). The Labute approximate surface area is 205 Å². The Balaban J connectivity index is 1.22. The molecular formula is C24H31N7O3S. The van der Waals surface area contributed by atoms with Crippen molar-refractivity contribution in [2.75, 3.05) is 43.4 Å². The van der Waals surface area contributed by atoms with Gasteiger partial charge in [0.05, 0.1) is 17.6 Å². The fourth-order valence-corrected chi connectivity index (χ4v) is 6.55. The van der Waals surface area contributed by atoms with Gasteiger partial charge in [-0.05, 0) is 43.9 Å². The van der Waals surface area contributed by atoms with Crippen LogP contribution in [0.15, 0.2) is 47.8 Å². The van der Waals surface area contributed by atoms with Gasteiger partial charge in [-0.1, -0.05) is 18.6 Å². The van der Waals surface area contributed by atoms with Gasteiger partial charge < -0.3 is 20.5 Å². The van der Waals surface area contributed by atoms with Gasteiger partial charge in [-0.3, -0.25) is 4.79 Å². The summed E-state index contributed by atoms with van der Waals surface area (Å²) in [4.78, 5) is 26.8. The van der Waals surface area contributed by atoms with E-state index in [4.69, 9.17) is 0 Å². The van der Waals surface area contributed by atoms with Crippen LogP contribution in [0.4, 0.5) is 11.5 Å². The average molecular weight is 498 g/mol. The zero-order valence-corrected chi connectivity index (χ0v) is 20.4. The monoisotopic (exact) mass is 497 g/mol. The van der Waals surface area contributed by atoms with Crippen LogP contribution < -0.4 is 10.6 Å². The molecule has 2 aliphatic heterocycles. The Morgan fingerprint density at radius 3 is 2.74 bits per heavy atom. The molecule has 0 bridgehead atoms. The van der Waals surface area contributed by atoms with Gasteiger partial charge in [-0.15, -0.1) is 0 Å². The molecule has 2 aromatic heterocycles. The van der Waals surface area contributed by atoms with Crippen molar-refractivity contribution >= 4 is 38.5 Å². The number of nitrogens with one attached hydrogen (secondary N) is 3. The summed E-state index contributed by atoms with van der Waals surface area (Å²) in [6.45, 7) is 2.35. The van der Waals surface area contributed by atoms with Gasteiger partial charge >= 0.3 is 0 Å². The lowest BCUT2D eigenvalue weighted by Gasteiger charge is -2.33. The zero-order valence-electron chi connectivity index (χ0n) is 19.6. The molecule has 1 aromatic carbocycles. The van der Waals surface area contributed by atoms with Crippen LogP contribution in [0.5, 0.6) is 0 Å². The molecule has 2 aliphatic rings. The molecule has 0 radical (unpaired) electrons. The number of para-hydroxylation sites is 1. The molecule has 186 valence electrons. The summed E-state index contributed by atoms with van der Waals surface area (Å²) in [5.41, 5.74) is 1.24. The molecule has 0 saturated carbocycles. The van der Waals surface area contributed by atoms with E-state index in [-0.39, 0.29) is 23.4 Å². The van der Waals surface area contributed by atoms with Gasteiger partial charge in [-0.25, -0.2) is 18.4 Å². The molecule has 35 heavy (non-hydrogen) atoms. The predicted molar refractivity (Wildman–Crippen MR) is 135 cm³/mol. The number of likely N-dealkylation sites (tertiary alicyclic amines) is 1. The van der Waals surface area contributed by atoms with Crippen molar-refractivity contribution in [1.29, 1.82) is 0 Å². The van der Waals surface area contributed by atoms with Gasteiger partial charge in [0.2, 0.25) is 15.9 Å². The second kappa shape index (κ2) is 10.2. The highest BCUT2D eigenvalue weighted by molar-refractivity contribution is 7.89. The second-order valence-electron chi connectivity index (χ2n) is 9.10. The lowest BCUT2D eigenvalue weighted by Crippen LogP contribution is -2.47. The molecule has 0 aliphatic carbocycles. The highest BCUT2D eigenvalue weighted by atomic mass is 32.2. The first-order valence-corrected chi connectivity index (χ1v) is 13.6. The van der Waals surface area contributed by atoms with E-state index in [1.807, 2.05) is 17.2 Å². The number of carbonyl (C=O) groups is 1. The topological polar surface area (TPSA) is 123 Å². The van der Waals surface area contributed by atoms with Gasteiger partial charge in [-0.2, -0.15) is 4.31 Å². The van der Waals surface area contributed by atoms with Gasteiger partial charge in [0.1, 0.15) is 22.7 Å². The number of anilines is 2. The normalized spacial score (nSPS) is 19.5. The van der Waals surface area contributed by atoms with Crippen molar-refractivity contribution < 1.29 is 13.2 Å². The van der Waals surface area contributed by atoms with Gasteiger partial charge in [0.15, 0.2) is 0 Å². The number of hydrogen-bond acceptors (Lipinski definition) is 7. The molecule has 5 rings (SSSR count).